The lowest BCUT2D eigenvalue weighted by molar-refractivity contribution is -0.124. The van der Waals surface area contributed by atoms with Crippen molar-refractivity contribution in [3.8, 4) is 0 Å². The zero-order valence-corrected chi connectivity index (χ0v) is 11.8. The standard InChI is InChI=1S/C11H14BrN5O/c1-8(17-7-10(12)5-15-17)11(18)13-3-9-4-14-16(2)6-9/h4-8H,3H2,1-2H3,(H,13,18). The predicted octanol–water partition coefficient (Wildman–Crippen LogP) is 1.26. The number of nitrogens with zero attached hydrogens (tertiary/aromatic N) is 4. The van der Waals surface area contributed by atoms with Crippen LogP contribution in [0.3, 0.4) is 0 Å². The molecule has 0 aliphatic heterocycles. The van der Waals surface area contributed by atoms with Gasteiger partial charge in [0.05, 0.1) is 16.9 Å². The van der Waals surface area contributed by atoms with E-state index in [9.17, 15) is 4.79 Å². The van der Waals surface area contributed by atoms with Gasteiger partial charge in [-0.25, -0.2) is 0 Å². The maximum absolute atomic E-state index is 11.9. The zero-order valence-electron chi connectivity index (χ0n) is 10.2. The molecule has 0 bridgehead atoms. The third-order valence-electron chi connectivity index (χ3n) is 2.57. The molecule has 1 amide bonds. The van der Waals surface area contributed by atoms with Crippen LogP contribution in [0.2, 0.25) is 0 Å². The van der Waals surface area contributed by atoms with Crippen molar-refractivity contribution in [3.63, 3.8) is 0 Å². The first kappa shape index (κ1) is 12.8. The summed E-state index contributed by atoms with van der Waals surface area (Å²) in [7, 11) is 1.84. The molecule has 1 atom stereocenters. The van der Waals surface area contributed by atoms with Crippen LogP contribution in [0.4, 0.5) is 0 Å². The van der Waals surface area contributed by atoms with E-state index in [2.05, 4.69) is 31.4 Å². The number of carbonyl (C=O) groups is 1. The second kappa shape index (κ2) is 5.34. The maximum Gasteiger partial charge on any atom is 0.244 e. The summed E-state index contributed by atoms with van der Waals surface area (Å²) >= 11 is 3.30. The summed E-state index contributed by atoms with van der Waals surface area (Å²) in [6, 6.07) is -0.340. The maximum atomic E-state index is 11.9. The van der Waals surface area contributed by atoms with E-state index in [1.54, 1.807) is 34.9 Å². The fourth-order valence-electron chi connectivity index (χ4n) is 1.55. The second-order valence-corrected chi connectivity index (χ2v) is 4.97. The summed E-state index contributed by atoms with van der Waals surface area (Å²) in [6.07, 6.45) is 7.03. The highest BCUT2D eigenvalue weighted by Gasteiger charge is 2.15. The molecule has 0 aliphatic carbocycles. The van der Waals surface area contributed by atoms with Gasteiger partial charge in [-0.3, -0.25) is 14.2 Å². The van der Waals surface area contributed by atoms with Gasteiger partial charge in [0.15, 0.2) is 0 Å². The summed E-state index contributed by atoms with van der Waals surface area (Å²) in [5.74, 6) is -0.0746. The quantitative estimate of drug-likeness (QED) is 0.924. The Balaban J connectivity index is 1.92. The molecule has 6 nitrogen and oxygen atoms in total. The monoisotopic (exact) mass is 311 g/mol. The lowest BCUT2D eigenvalue weighted by atomic mass is 10.3. The van der Waals surface area contributed by atoms with Crippen molar-refractivity contribution in [3.05, 3.63) is 34.8 Å². The van der Waals surface area contributed by atoms with Gasteiger partial charge in [-0.2, -0.15) is 10.2 Å². The first-order valence-electron chi connectivity index (χ1n) is 5.51. The molecular weight excluding hydrogens is 298 g/mol. The van der Waals surface area contributed by atoms with Crippen molar-refractivity contribution < 1.29 is 4.79 Å². The van der Waals surface area contributed by atoms with E-state index >= 15 is 0 Å². The molecular formula is C11H14BrN5O. The van der Waals surface area contributed by atoms with E-state index in [1.165, 1.54) is 0 Å². The number of rotatable bonds is 4. The van der Waals surface area contributed by atoms with Gasteiger partial charge in [0, 0.05) is 31.5 Å². The minimum atomic E-state index is -0.340. The van der Waals surface area contributed by atoms with Crippen LogP contribution >= 0.6 is 15.9 Å². The van der Waals surface area contributed by atoms with Crippen LogP contribution in [-0.4, -0.2) is 25.5 Å². The highest BCUT2D eigenvalue weighted by Crippen LogP contribution is 2.11. The Morgan fingerprint density at radius 3 is 2.78 bits per heavy atom. The van der Waals surface area contributed by atoms with Crippen LogP contribution in [0.15, 0.2) is 29.3 Å². The summed E-state index contributed by atoms with van der Waals surface area (Å²) in [5, 5.41) is 11.0. The van der Waals surface area contributed by atoms with Gasteiger partial charge < -0.3 is 5.32 Å². The second-order valence-electron chi connectivity index (χ2n) is 4.05. The molecule has 1 N–H and O–H groups in total. The first-order chi connectivity index (χ1) is 8.56. The van der Waals surface area contributed by atoms with E-state index < -0.39 is 0 Å². The molecule has 2 heterocycles. The average Bonchev–Trinajstić information content (AvgIpc) is 2.94. The Bertz CT molecular complexity index is 547. The molecule has 0 saturated heterocycles. The zero-order chi connectivity index (χ0) is 13.1. The number of aromatic nitrogens is 4. The normalized spacial score (nSPS) is 12.4. The summed E-state index contributed by atoms with van der Waals surface area (Å²) in [4.78, 5) is 11.9. The van der Waals surface area contributed by atoms with Crippen molar-refractivity contribution >= 4 is 21.8 Å². The molecule has 96 valence electrons. The molecule has 2 aromatic rings. The summed E-state index contributed by atoms with van der Waals surface area (Å²) < 4.78 is 4.17. The van der Waals surface area contributed by atoms with Crippen LogP contribution in [-0.2, 0) is 18.4 Å². The number of halogens is 1. The van der Waals surface area contributed by atoms with E-state index in [0.717, 1.165) is 10.0 Å². The highest BCUT2D eigenvalue weighted by atomic mass is 79.9. The van der Waals surface area contributed by atoms with Crippen LogP contribution in [0, 0.1) is 0 Å². The van der Waals surface area contributed by atoms with Crippen LogP contribution < -0.4 is 5.32 Å². The molecule has 0 fully saturated rings. The topological polar surface area (TPSA) is 64.7 Å². The Labute approximate surface area is 113 Å². The Kier molecular flexibility index (Phi) is 3.81. The van der Waals surface area contributed by atoms with Gasteiger partial charge in [-0.15, -0.1) is 0 Å². The SMILES string of the molecule is CC(C(=O)NCc1cnn(C)c1)n1cc(Br)cn1. The van der Waals surface area contributed by atoms with Crippen LogP contribution in [0.5, 0.6) is 0 Å². The third-order valence-corrected chi connectivity index (χ3v) is 2.98. The van der Waals surface area contributed by atoms with Crippen molar-refractivity contribution in [1.82, 2.24) is 24.9 Å². The van der Waals surface area contributed by atoms with Crippen molar-refractivity contribution in [1.29, 1.82) is 0 Å². The fraction of sp³-hybridized carbons (Fsp3) is 0.364. The Morgan fingerprint density at radius 1 is 1.44 bits per heavy atom. The predicted molar refractivity (Wildman–Crippen MR) is 69.7 cm³/mol. The molecule has 18 heavy (non-hydrogen) atoms. The van der Waals surface area contributed by atoms with E-state index in [4.69, 9.17) is 0 Å². The number of aryl methyl sites for hydroxylation is 1. The van der Waals surface area contributed by atoms with Gasteiger partial charge in [0.1, 0.15) is 6.04 Å². The summed E-state index contributed by atoms with van der Waals surface area (Å²) in [5.41, 5.74) is 0.972. The lowest BCUT2D eigenvalue weighted by Crippen LogP contribution is -2.30. The number of hydrogen-bond donors (Lipinski definition) is 1. The van der Waals surface area contributed by atoms with Crippen molar-refractivity contribution in [2.75, 3.05) is 0 Å². The lowest BCUT2D eigenvalue weighted by Gasteiger charge is -2.11. The van der Waals surface area contributed by atoms with E-state index in [-0.39, 0.29) is 11.9 Å². The molecule has 0 spiro atoms. The minimum Gasteiger partial charge on any atom is -0.350 e. The van der Waals surface area contributed by atoms with E-state index in [0.29, 0.717) is 6.54 Å². The van der Waals surface area contributed by atoms with Crippen molar-refractivity contribution in [2.24, 2.45) is 7.05 Å². The smallest absolute Gasteiger partial charge is 0.244 e. The van der Waals surface area contributed by atoms with Gasteiger partial charge in [0.2, 0.25) is 5.91 Å². The number of nitrogens with one attached hydrogen (secondary N) is 1. The Hall–Kier alpha value is -1.63. The number of amides is 1. The Morgan fingerprint density at radius 2 is 2.22 bits per heavy atom. The van der Waals surface area contributed by atoms with Crippen molar-refractivity contribution in [2.45, 2.75) is 19.5 Å². The molecule has 2 rings (SSSR count). The third kappa shape index (κ3) is 2.98. The molecule has 7 heteroatoms. The van der Waals surface area contributed by atoms with E-state index in [1.807, 2.05) is 13.2 Å². The molecule has 0 saturated carbocycles. The average molecular weight is 312 g/mol. The first-order valence-corrected chi connectivity index (χ1v) is 6.30. The van der Waals surface area contributed by atoms with Crippen LogP contribution in [0.1, 0.15) is 18.5 Å². The molecule has 0 aromatic carbocycles. The number of hydrogen-bond acceptors (Lipinski definition) is 3. The van der Waals surface area contributed by atoms with Gasteiger partial charge in [0.25, 0.3) is 0 Å². The molecule has 1 unspecified atom stereocenters. The van der Waals surface area contributed by atoms with Gasteiger partial charge in [-0.1, -0.05) is 0 Å². The molecule has 0 aliphatic rings. The van der Waals surface area contributed by atoms with Gasteiger partial charge >= 0.3 is 0 Å². The minimum absolute atomic E-state index is 0.0746. The largest absolute Gasteiger partial charge is 0.350 e. The summed E-state index contributed by atoms with van der Waals surface area (Å²) in [6.45, 7) is 2.28. The highest BCUT2D eigenvalue weighted by molar-refractivity contribution is 9.10. The van der Waals surface area contributed by atoms with Crippen LogP contribution in [0.25, 0.3) is 0 Å². The molecule has 0 radical (unpaired) electrons. The fourth-order valence-corrected chi connectivity index (χ4v) is 1.85. The molecule has 2 aromatic heterocycles. The van der Waals surface area contributed by atoms with Gasteiger partial charge in [-0.05, 0) is 22.9 Å². The number of carbonyl (C=O) groups excluding carboxylic acids is 1.